The molecule has 1 aromatic heterocycles. The second kappa shape index (κ2) is 6.89. The summed E-state index contributed by atoms with van der Waals surface area (Å²) in [5, 5.41) is 2.76. The highest BCUT2D eigenvalue weighted by molar-refractivity contribution is 7.99. The van der Waals surface area contributed by atoms with E-state index in [1.54, 1.807) is 36.7 Å². The summed E-state index contributed by atoms with van der Waals surface area (Å²) in [5.41, 5.74) is 1.69. The van der Waals surface area contributed by atoms with Gasteiger partial charge in [0, 0.05) is 11.9 Å². The van der Waals surface area contributed by atoms with Crippen molar-refractivity contribution in [3.8, 4) is 0 Å². The van der Waals surface area contributed by atoms with Gasteiger partial charge in [-0.2, -0.15) is 0 Å². The number of anilines is 1. The standard InChI is InChI=1S/C14H13FN2OS/c15-12-5-3-11(4-6-12)9-19-10-14(18)17-13-2-1-7-16-8-13/h1-8H,9-10H2,(H,17,18). The Hall–Kier alpha value is -1.88. The zero-order valence-corrected chi connectivity index (χ0v) is 11.0. The van der Waals surface area contributed by atoms with E-state index in [0.29, 0.717) is 17.2 Å². The van der Waals surface area contributed by atoms with E-state index < -0.39 is 0 Å². The highest BCUT2D eigenvalue weighted by atomic mass is 32.2. The molecule has 0 saturated heterocycles. The van der Waals surface area contributed by atoms with Gasteiger partial charge in [-0.3, -0.25) is 9.78 Å². The number of nitrogens with zero attached hydrogens (tertiary/aromatic N) is 1. The van der Waals surface area contributed by atoms with E-state index in [-0.39, 0.29) is 11.7 Å². The summed E-state index contributed by atoms with van der Waals surface area (Å²) in [6, 6.07) is 9.84. The Kier molecular flexibility index (Phi) is 4.92. The van der Waals surface area contributed by atoms with Crippen LogP contribution in [-0.4, -0.2) is 16.6 Å². The molecule has 2 rings (SSSR count). The summed E-state index contributed by atoms with van der Waals surface area (Å²) in [5.74, 6) is 0.718. The Labute approximate surface area is 115 Å². The number of carbonyl (C=O) groups excluding carboxylic acids is 1. The fourth-order valence-corrected chi connectivity index (χ4v) is 2.26. The second-order valence-corrected chi connectivity index (χ2v) is 4.89. The molecule has 0 radical (unpaired) electrons. The van der Waals surface area contributed by atoms with Gasteiger partial charge in [0.05, 0.1) is 17.6 Å². The largest absolute Gasteiger partial charge is 0.324 e. The molecule has 19 heavy (non-hydrogen) atoms. The molecule has 0 bridgehead atoms. The van der Waals surface area contributed by atoms with Gasteiger partial charge in [0.25, 0.3) is 0 Å². The highest BCUT2D eigenvalue weighted by Gasteiger charge is 2.03. The molecular formula is C14H13FN2OS. The van der Waals surface area contributed by atoms with Crippen LogP contribution in [0, 0.1) is 5.82 Å². The Bertz CT molecular complexity index is 531. The second-order valence-electron chi connectivity index (χ2n) is 3.91. The topological polar surface area (TPSA) is 42.0 Å². The van der Waals surface area contributed by atoms with Crippen LogP contribution in [0.3, 0.4) is 0 Å². The molecule has 1 N–H and O–H groups in total. The number of hydrogen-bond acceptors (Lipinski definition) is 3. The number of thioether (sulfide) groups is 1. The Morgan fingerprint density at radius 2 is 2.05 bits per heavy atom. The lowest BCUT2D eigenvalue weighted by Crippen LogP contribution is -2.14. The molecule has 0 atom stereocenters. The number of amides is 1. The fraction of sp³-hybridized carbons (Fsp3) is 0.143. The maximum absolute atomic E-state index is 12.7. The first-order valence-corrected chi connectivity index (χ1v) is 6.91. The van der Waals surface area contributed by atoms with Crippen molar-refractivity contribution in [3.63, 3.8) is 0 Å². The number of halogens is 1. The van der Waals surface area contributed by atoms with E-state index in [0.717, 1.165) is 5.56 Å². The van der Waals surface area contributed by atoms with E-state index >= 15 is 0 Å². The maximum Gasteiger partial charge on any atom is 0.234 e. The number of hydrogen-bond donors (Lipinski definition) is 1. The van der Waals surface area contributed by atoms with Crippen molar-refractivity contribution >= 4 is 23.4 Å². The monoisotopic (exact) mass is 276 g/mol. The lowest BCUT2D eigenvalue weighted by atomic mass is 10.2. The van der Waals surface area contributed by atoms with Gasteiger partial charge in [-0.25, -0.2) is 4.39 Å². The molecule has 3 nitrogen and oxygen atoms in total. The van der Waals surface area contributed by atoms with E-state index in [1.807, 2.05) is 0 Å². The Morgan fingerprint density at radius 1 is 1.26 bits per heavy atom. The first kappa shape index (κ1) is 13.5. The van der Waals surface area contributed by atoms with Crippen LogP contribution in [0.1, 0.15) is 5.56 Å². The minimum Gasteiger partial charge on any atom is -0.324 e. The third-order valence-corrected chi connectivity index (χ3v) is 3.36. The molecule has 1 amide bonds. The maximum atomic E-state index is 12.7. The first-order chi connectivity index (χ1) is 9.24. The van der Waals surface area contributed by atoms with Crippen molar-refractivity contribution in [3.05, 3.63) is 60.2 Å². The molecular weight excluding hydrogens is 263 g/mol. The highest BCUT2D eigenvalue weighted by Crippen LogP contribution is 2.13. The van der Waals surface area contributed by atoms with E-state index in [9.17, 15) is 9.18 Å². The molecule has 0 aliphatic carbocycles. The number of carbonyl (C=O) groups is 1. The van der Waals surface area contributed by atoms with Crippen molar-refractivity contribution in [1.82, 2.24) is 4.98 Å². The van der Waals surface area contributed by atoms with E-state index in [2.05, 4.69) is 10.3 Å². The first-order valence-electron chi connectivity index (χ1n) is 5.76. The number of aromatic nitrogens is 1. The number of nitrogens with one attached hydrogen (secondary N) is 1. The summed E-state index contributed by atoms with van der Waals surface area (Å²) in [7, 11) is 0. The molecule has 0 unspecified atom stereocenters. The zero-order chi connectivity index (χ0) is 13.5. The number of rotatable bonds is 5. The third-order valence-electron chi connectivity index (χ3n) is 2.36. The third kappa shape index (κ3) is 4.71. The van der Waals surface area contributed by atoms with Gasteiger partial charge < -0.3 is 5.32 Å². The van der Waals surface area contributed by atoms with Crippen molar-refractivity contribution in [1.29, 1.82) is 0 Å². The molecule has 5 heteroatoms. The van der Waals surface area contributed by atoms with Crippen LogP contribution in [0.4, 0.5) is 10.1 Å². The Balaban J connectivity index is 1.74. The minimum atomic E-state index is -0.247. The van der Waals surface area contributed by atoms with Gasteiger partial charge in [0.1, 0.15) is 5.82 Å². The number of pyridine rings is 1. The lowest BCUT2D eigenvalue weighted by Gasteiger charge is -2.04. The molecule has 0 saturated carbocycles. The van der Waals surface area contributed by atoms with E-state index in [1.165, 1.54) is 23.9 Å². The van der Waals surface area contributed by atoms with Crippen LogP contribution in [0.25, 0.3) is 0 Å². The normalized spacial score (nSPS) is 10.2. The van der Waals surface area contributed by atoms with Crippen LogP contribution in [0.2, 0.25) is 0 Å². The summed E-state index contributed by atoms with van der Waals surface area (Å²) < 4.78 is 12.7. The van der Waals surface area contributed by atoms with Crippen molar-refractivity contribution < 1.29 is 9.18 Å². The smallest absolute Gasteiger partial charge is 0.234 e. The average Bonchev–Trinajstić information content (AvgIpc) is 2.42. The average molecular weight is 276 g/mol. The zero-order valence-electron chi connectivity index (χ0n) is 10.2. The van der Waals surface area contributed by atoms with Crippen molar-refractivity contribution in [2.75, 3.05) is 11.1 Å². The van der Waals surface area contributed by atoms with Crippen LogP contribution < -0.4 is 5.32 Å². The van der Waals surface area contributed by atoms with E-state index in [4.69, 9.17) is 0 Å². The molecule has 2 aromatic rings. The molecule has 0 aliphatic rings. The quantitative estimate of drug-likeness (QED) is 0.912. The molecule has 1 heterocycles. The van der Waals surface area contributed by atoms with Gasteiger partial charge in [-0.05, 0) is 29.8 Å². The van der Waals surface area contributed by atoms with Crippen molar-refractivity contribution in [2.24, 2.45) is 0 Å². The Morgan fingerprint density at radius 3 is 2.74 bits per heavy atom. The van der Waals surface area contributed by atoms with Gasteiger partial charge >= 0.3 is 0 Å². The molecule has 0 fully saturated rings. The fourth-order valence-electron chi connectivity index (χ4n) is 1.48. The summed E-state index contributed by atoms with van der Waals surface area (Å²) in [4.78, 5) is 15.6. The molecule has 0 spiro atoms. The number of benzene rings is 1. The van der Waals surface area contributed by atoms with Gasteiger partial charge in [0.15, 0.2) is 0 Å². The summed E-state index contributed by atoms with van der Waals surface area (Å²) >= 11 is 1.48. The minimum absolute atomic E-state index is 0.0693. The predicted octanol–water partition coefficient (Wildman–Crippen LogP) is 3.09. The SMILES string of the molecule is O=C(CSCc1ccc(F)cc1)Nc1cccnc1. The predicted molar refractivity (Wildman–Crippen MR) is 75.4 cm³/mol. The molecule has 98 valence electrons. The van der Waals surface area contributed by atoms with Crippen LogP contribution in [-0.2, 0) is 10.5 Å². The van der Waals surface area contributed by atoms with Crippen molar-refractivity contribution in [2.45, 2.75) is 5.75 Å². The van der Waals surface area contributed by atoms with Gasteiger partial charge in [-0.15, -0.1) is 11.8 Å². The van der Waals surface area contributed by atoms with Gasteiger partial charge in [0.2, 0.25) is 5.91 Å². The van der Waals surface area contributed by atoms with Crippen LogP contribution >= 0.6 is 11.8 Å². The molecule has 1 aromatic carbocycles. The molecule has 0 aliphatic heterocycles. The van der Waals surface area contributed by atoms with Crippen LogP contribution in [0.15, 0.2) is 48.8 Å². The summed E-state index contributed by atoms with van der Waals surface area (Å²) in [6.45, 7) is 0. The van der Waals surface area contributed by atoms with Gasteiger partial charge in [-0.1, -0.05) is 12.1 Å². The lowest BCUT2D eigenvalue weighted by molar-refractivity contribution is -0.113. The summed E-state index contributed by atoms with van der Waals surface area (Å²) in [6.07, 6.45) is 3.25. The van der Waals surface area contributed by atoms with Crippen LogP contribution in [0.5, 0.6) is 0 Å².